The molecule has 0 bridgehead atoms. The predicted molar refractivity (Wildman–Crippen MR) is 248 cm³/mol. The quantitative estimate of drug-likeness (QED) is 0.0206. The van der Waals surface area contributed by atoms with Crippen LogP contribution in [-0.2, 0) is 18.4 Å². The third-order valence-electron chi connectivity index (χ3n) is 12.7. The predicted octanol–water partition coefficient (Wildman–Crippen LogP) is 9.21. The van der Waals surface area contributed by atoms with Crippen LogP contribution in [0.15, 0.2) is 0 Å². The normalized spacial score (nSPS) is 22.9. The van der Waals surface area contributed by atoms with Gasteiger partial charge in [0.25, 0.3) is 0 Å². The van der Waals surface area contributed by atoms with Gasteiger partial charge in [-0.25, -0.2) is 4.57 Å². The lowest BCUT2D eigenvalue weighted by molar-refractivity contribution is -0.220. The van der Waals surface area contributed by atoms with Crippen LogP contribution in [0.2, 0.25) is 0 Å². The lowest BCUT2D eigenvalue weighted by Crippen LogP contribution is -2.64. The van der Waals surface area contributed by atoms with E-state index in [4.69, 9.17) is 9.05 Å². The molecule has 13 nitrogen and oxygen atoms in total. The molecular formula is C48H96NO12P. The van der Waals surface area contributed by atoms with Gasteiger partial charge in [-0.15, -0.1) is 0 Å². The van der Waals surface area contributed by atoms with Gasteiger partial charge in [0, 0.05) is 0 Å². The summed E-state index contributed by atoms with van der Waals surface area (Å²) in [6.07, 6.45) is 25.7. The highest BCUT2D eigenvalue weighted by atomic mass is 31.2. The molecule has 370 valence electrons. The minimum Gasteiger partial charge on any atom is -0.393 e. The van der Waals surface area contributed by atoms with Gasteiger partial charge in [-0.1, -0.05) is 219 Å². The summed E-state index contributed by atoms with van der Waals surface area (Å²) in [7, 11) is -5.11. The minimum atomic E-state index is -5.11. The maximum Gasteiger partial charge on any atom is 0.472 e. The molecule has 0 saturated heterocycles. The second-order valence-electron chi connectivity index (χ2n) is 18.6. The Morgan fingerprint density at radius 2 is 0.806 bits per heavy atom. The SMILES string of the molecule is CCCCCCCCCCCCCCCCCCCCCC(O)C(COP(=O)(O)OC1C(O)C(O)C(O)C(O)C1O)NC(=O)CC(O)CCCCCCCCCCCCCCC. The van der Waals surface area contributed by atoms with Crippen LogP contribution in [-0.4, -0.2) is 108 Å². The van der Waals surface area contributed by atoms with Gasteiger partial charge in [0.05, 0.1) is 31.3 Å². The number of nitrogens with one attached hydrogen (secondary N) is 1. The van der Waals surface area contributed by atoms with E-state index in [0.717, 1.165) is 51.4 Å². The topological polar surface area (TPSA) is 226 Å². The second kappa shape index (κ2) is 38.4. The van der Waals surface area contributed by atoms with Gasteiger partial charge in [-0.05, 0) is 12.8 Å². The number of carbonyl (C=O) groups excluding carboxylic acids is 1. The maximum atomic E-state index is 13.0. The van der Waals surface area contributed by atoms with Crippen LogP contribution < -0.4 is 5.32 Å². The fourth-order valence-electron chi connectivity index (χ4n) is 8.54. The molecule has 1 fully saturated rings. The highest BCUT2D eigenvalue weighted by Crippen LogP contribution is 2.47. The van der Waals surface area contributed by atoms with E-state index < -0.39 is 75.2 Å². The average molecular weight is 910 g/mol. The molecule has 1 saturated carbocycles. The minimum absolute atomic E-state index is 0.216. The summed E-state index contributed by atoms with van der Waals surface area (Å²) in [5, 5.41) is 74.8. The number of hydrogen-bond acceptors (Lipinski definition) is 11. The first-order chi connectivity index (χ1) is 29.8. The first-order valence-electron chi connectivity index (χ1n) is 25.6. The maximum absolute atomic E-state index is 13.0. The zero-order valence-corrected chi connectivity index (χ0v) is 40.2. The van der Waals surface area contributed by atoms with E-state index in [1.54, 1.807) is 0 Å². The van der Waals surface area contributed by atoms with Crippen molar-refractivity contribution in [3.8, 4) is 0 Å². The number of aliphatic hydroxyl groups is 7. The fourth-order valence-corrected chi connectivity index (χ4v) is 9.51. The molecule has 1 aliphatic rings. The highest BCUT2D eigenvalue weighted by Gasteiger charge is 2.51. The number of unbranched alkanes of at least 4 members (excludes halogenated alkanes) is 30. The summed E-state index contributed by atoms with van der Waals surface area (Å²) in [5.74, 6) is -0.556. The molecule has 0 aromatic heterocycles. The lowest BCUT2D eigenvalue weighted by atomic mass is 9.85. The number of hydrogen-bond donors (Lipinski definition) is 9. The summed E-state index contributed by atoms with van der Waals surface area (Å²) in [4.78, 5) is 23.5. The van der Waals surface area contributed by atoms with Crippen LogP contribution in [0.25, 0.3) is 0 Å². The molecule has 8 atom stereocenters. The van der Waals surface area contributed by atoms with Gasteiger partial charge in [0.2, 0.25) is 5.91 Å². The van der Waals surface area contributed by atoms with E-state index in [2.05, 4.69) is 19.2 Å². The van der Waals surface area contributed by atoms with Gasteiger partial charge in [0.15, 0.2) is 0 Å². The van der Waals surface area contributed by atoms with Gasteiger partial charge in [-0.3, -0.25) is 13.8 Å². The Balaban J connectivity index is 2.46. The van der Waals surface area contributed by atoms with Crippen LogP contribution in [0.5, 0.6) is 0 Å². The van der Waals surface area contributed by atoms with Crippen molar-refractivity contribution in [2.45, 2.75) is 293 Å². The van der Waals surface area contributed by atoms with Gasteiger partial charge >= 0.3 is 7.82 Å². The van der Waals surface area contributed by atoms with Crippen LogP contribution in [0.4, 0.5) is 0 Å². The Morgan fingerprint density at radius 1 is 0.500 bits per heavy atom. The summed E-state index contributed by atoms with van der Waals surface area (Å²) in [6.45, 7) is 3.81. The molecule has 62 heavy (non-hydrogen) atoms. The third-order valence-corrected chi connectivity index (χ3v) is 13.7. The molecule has 1 rings (SSSR count). The van der Waals surface area contributed by atoms with E-state index in [1.165, 1.54) is 148 Å². The zero-order chi connectivity index (χ0) is 45.9. The van der Waals surface area contributed by atoms with Crippen molar-refractivity contribution >= 4 is 13.7 Å². The smallest absolute Gasteiger partial charge is 0.393 e. The zero-order valence-electron chi connectivity index (χ0n) is 39.3. The van der Waals surface area contributed by atoms with Crippen LogP contribution in [0, 0.1) is 0 Å². The van der Waals surface area contributed by atoms with Gasteiger partial charge in [0.1, 0.15) is 36.6 Å². The highest BCUT2D eigenvalue weighted by molar-refractivity contribution is 7.47. The molecule has 0 heterocycles. The van der Waals surface area contributed by atoms with Crippen molar-refractivity contribution in [3.05, 3.63) is 0 Å². The molecule has 1 aliphatic carbocycles. The molecule has 9 N–H and O–H groups in total. The Labute approximate surface area is 377 Å². The third kappa shape index (κ3) is 29.8. The molecule has 0 aliphatic heterocycles. The van der Waals surface area contributed by atoms with E-state index in [1.807, 2.05) is 0 Å². The Hall–Kier alpha value is -0.700. The number of carbonyl (C=O) groups is 1. The van der Waals surface area contributed by atoms with Crippen LogP contribution in [0.3, 0.4) is 0 Å². The van der Waals surface area contributed by atoms with Crippen molar-refractivity contribution < 1.29 is 59.0 Å². The first-order valence-corrected chi connectivity index (χ1v) is 27.1. The fraction of sp³-hybridized carbons (Fsp3) is 0.979. The van der Waals surface area contributed by atoms with E-state index in [0.29, 0.717) is 12.8 Å². The lowest BCUT2D eigenvalue weighted by Gasteiger charge is -2.41. The van der Waals surface area contributed by atoms with Crippen molar-refractivity contribution in [2.24, 2.45) is 0 Å². The van der Waals surface area contributed by atoms with Crippen LogP contribution >= 0.6 is 7.82 Å². The number of aliphatic hydroxyl groups excluding tert-OH is 7. The summed E-state index contributed by atoms with van der Waals surface area (Å²) in [6, 6.07) is -1.15. The number of rotatable bonds is 43. The van der Waals surface area contributed by atoms with Crippen molar-refractivity contribution in [3.63, 3.8) is 0 Å². The summed E-state index contributed by atoms with van der Waals surface area (Å²) >= 11 is 0. The molecule has 1 amide bonds. The Bertz CT molecular complexity index is 1070. The molecule has 0 radical (unpaired) electrons. The van der Waals surface area contributed by atoms with E-state index >= 15 is 0 Å². The second-order valence-corrected chi connectivity index (χ2v) is 20.0. The molecule has 0 aromatic rings. The molecule has 14 heteroatoms. The standard InChI is InChI=1S/C48H96NO12P/c1-3-5-7-9-11-13-15-17-18-19-20-21-22-24-26-28-30-32-34-36-41(51)40(38-60-62(58,59)61-48-46(56)44(54)43(53)45(55)47(48)57)49-42(52)37-39(50)35-33-31-29-27-25-23-16-14-12-10-8-6-4-2/h39-41,43-48,50-51,53-57H,3-38H2,1-2H3,(H,49,52)(H,58,59). The number of amides is 1. The molecule has 8 unspecified atom stereocenters. The molecular weight excluding hydrogens is 813 g/mol. The van der Waals surface area contributed by atoms with Crippen molar-refractivity contribution in [1.29, 1.82) is 0 Å². The summed E-state index contributed by atoms with van der Waals surface area (Å²) in [5.41, 5.74) is 0. The Kier molecular flexibility index (Phi) is 36.7. The number of phosphoric acid groups is 1. The van der Waals surface area contributed by atoms with Gasteiger partial charge < -0.3 is 46.0 Å². The van der Waals surface area contributed by atoms with Crippen LogP contribution in [0.1, 0.15) is 239 Å². The van der Waals surface area contributed by atoms with Gasteiger partial charge in [-0.2, -0.15) is 0 Å². The van der Waals surface area contributed by atoms with Crippen molar-refractivity contribution in [2.75, 3.05) is 6.61 Å². The van der Waals surface area contributed by atoms with E-state index in [9.17, 15) is 50.0 Å². The molecule has 0 aromatic carbocycles. The average Bonchev–Trinajstić information content (AvgIpc) is 3.24. The summed E-state index contributed by atoms with van der Waals surface area (Å²) < 4.78 is 23.0. The number of phosphoric ester groups is 1. The largest absolute Gasteiger partial charge is 0.472 e. The molecule has 0 spiro atoms. The monoisotopic (exact) mass is 910 g/mol. The Morgan fingerprint density at radius 3 is 1.16 bits per heavy atom. The van der Waals surface area contributed by atoms with Crippen molar-refractivity contribution in [1.82, 2.24) is 5.32 Å². The van der Waals surface area contributed by atoms with E-state index in [-0.39, 0.29) is 12.8 Å². The first kappa shape index (κ1) is 59.3.